The van der Waals surface area contributed by atoms with Crippen LogP contribution < -0.4 is 5.32 Å². The molecule has 0 aliphatic rings. The monoisotopic (exact) mass is 522 g/mol. The summed E-state index contributed by atoms with van der Waals surface area (Å²) in [7, 11) is 0. The van der Waals surface area contributed by atoms with E-state index in [0.717, 1.165) is 28.0 Å². The van der Waals surface area contributed by atoms with Gasteiger partial charge in [-0.05, 0) is 61.4 Å². The van der Waals surface area contributed by atoms with Gasteiger partial charge in [-0.25, -0.2) is 19.0 Å². The van der Waals surface area contributed by atoms with E-state index in [0.29, 0.717) is 11.5 Å². The van der Waals surface area contributed by atoms with Crippen LogP contribution in [0, 0.1) is 19.7 Å². The molecule has 2 N–H and O–H groups in total. The molecular weight excluding hydrogens is 502 g/mol. The van der Waals surface area contributed by atoms with Gasteiger partial charge in [-0.3, -0.25) is 4.79 Å². The summed E-state index contributed by atoms with van der Waals surface area (Å²) in [5.41, 5.74) is 4.03. The Morgan fingerprint density at radius 3 is 2.53 bits per heavy atom. The zero-order chi connectivity index (χ0) is 25.4. The lowest BCUT2D eigenvalue weighted by Gasteiger charge is -2.20. The number of carbonyl (C=O) groups is 1. The second-order valence-electron chi connectivity index (χ2n) is 8.44. The molecule has 0 saturated carbocycles. The number of aryl methyl sites for hydroxylation is 2. The Bertz CT molecular complexity index is 1570. The van der Waals surface area contributed by atoms with Crippen molar-refractivity contribution >= 4 is 40.1 Å². The van der Waals surface area contributed by atoms with Crippen molar-refractivity contribution < 1.29 is 9.18 Å². The molecular formula is C26H21Cl2FN6O. The molecule has 1 amide bonds. The van der Waals surface area contributed by atoms with E-state index in [1.807, 2.05) is 31.2 Å². The Morgan fingerprint density at radius 1 is 1.08 bits per heavy atom. The molecule has 1 atom stereocenters. The summed E-state index contributed by atoms with van der Waals surface area (Å²) in [6, 6.07) is 15.3. The van der Waals surface area contributed by atoms with E-state index < -0.39 is 5.91 Å². The number of aromatic amines is 1. The molecule has 5 rings (SSSR count). The highest BCUT2D eigenvalue weighted by Crippen LogP contribution is 2.30. The van der Waals surface area contributed by atoms with E-state index in [-0.39, 0.29) is 33.9 Å². The lowest BCUT2D eigenvalue weighted by molar-refractivity contribution is 0.0952. The zero-order valence-corrected chi connectivity index (χ0v) is 20.9. The van der Waals surface area contributed by atoms with E-state index in [1.165, 1.54) is 16.8 Å². The molecule has 1 unspecified atom stereocenters. The van der Waals surface area contributed by atoms with Crippen molar-refractivity contribution in [1.82, 2.24) is 30.0 Å². The third kappa shape index (κ3) is 4.82. The second kappa shape index (κ2) is 9.72. The zero-order valence-electron chi connectivity index (χ0n) is 19.4. The van der Waals surface area contributed by atoms with Crippen LogP contribution in [0.2, 0.25) is 10.0 Å². The molecule has 0 spiro atoms. The van der Waals surface area contributed by atoms with Gasteiger partial charge in [0.1, 0.15) is 23.8 Å². The van der Waals surface area contributed by atoms with Crippen LogP contribution in [0.5, 0.6) is 0 Å². The van der Waals surface area contributed by atoms with Crippen molar-refractivity contribution in [2.24, 2.45) is 0 Å². The topological polar surface area (TPSA) is 88.5 Å². The van der Waals surface area contributed by atoms with Gasteiger partial charge < -0.3 is 10.3 Å². The van der Waals surface area contributed by atoms with Gasteiger partial charge >= 0.3 is 0 Å². The molecule has 0 saturated heterocycles. The van der Waals surface area contributed by atoms with Crippen LogP contribution in [0.25, 0.3) is 16.7 Å². The lowest BCUT2D eigenvalue weighted by atomic mass is 9.90. The summed E-state index contributed by atoms with van der Waals surface area (Å²) in [4.78, 5) is 25.0. The number of hydrogen-bond donors (Lipinski definition) is 2. The molecule has 5 aromatic rings. The molecule has 7 nitrogen and oxygen atoms in total. The fourth-order valence-electron chi connectivity index (χ4n) is 4.18. The number of fused-ring (bicyclic) bond motifs is 1. The maximum atomic E-state index is 14.1. The van der Waals surface area contributed by atoms with Crippen LogP contribution in [0.1, 0.15) is 39.1 Å². The third-order valence-corrected chi connectivity index (χ3v) is 6.47. The SMILES string of the molecule is Cc1ncn(-c2cc(Cl)c(C(=O)NCC(c3cccc(F)c3)c3ccc4[nH]c(C)nc4c3)c(Cl)c2)n1. The first kappa shape index (κ1) is 24.0. The Labute approximate surface area is 216 Å². The first-order valence-electron chi connectivity index (χ1n) is 11.2. The van der Waals surface area contributed by atoms with Crippen LogP contribution >= 0.6 is 23.2 Å². The second-order valence-corrected chi connectivity index (χ2v) is 9.25. The van der Waals surface area contributed by atoms with Crippen LogP contribution in [0.3, 0.4) is 0 Å². The number of benzene rings is 3. The Balaban J connectivity index is 1.44. The highest BCUT2D eigenvalue weighted by atomic mass is 35.5. The predicted molar refractivity (Wildman–Crippen MR) is 138 cm³/mol. The molecule has 0 fully saturated rings. The van der Waals surface area contributed by atoms with Crippen LogP contribution in [-0.2, 0) is 0 Å². The maximum Gasteiger partial charge on any atom is 0.254 e. The van der Waals surface area contributed by atoms with Gasteiger partial charge in [0.05, 0.1) is 32.3 Å². The van der Waals surface area contributed by atoms with Crippen LogP contribution in [-0.4, -0.2) is 37.2 Å². The summed E-state index contributed by atoms with van der Waals surface area (Å²) >= 11 is 12.9. The van der Waals surface area contributed by atoms with E-state index in [4.69, 9.17) is 23.2 Å². The van der Waals surface area contributed by atoms with Crippen molar-refractivity contribution in [2.45, 2.75) is 19.8 Å². The number of hydrogen-bond acceptors (Lipinski definition) is 4. The summed E-state index contributed by atoms with van der Waals surface area (Å²) in [6.07, 6.45) is 1.54. The minimum atomic E-state index is -0.440. The van der Waals surface area contributed by atoms with Crippen LogP contribution in [0.15, 0.2) is 60.9 Å². The minimum absolute atomic E-state index is 0.148. The summed E-state index contributed by atoms with van der Waals surface area (Å²) in [5.74, 6) is 0.262. The number of nitrogens with one attached hydrogen (secondary N) is 2. The quantitative estimate of drug-likeness (QED) is 0.296. The predicted octanol–water partition coefficient (Wildman–Crippen LogP) is 5.77. The van der Waals surface area contributed by atoms with Crippen molar-refractivity contribution in [2.75, 3.05) is 6.54 Å². The van der Waals surface area contributed by atoms with Gasteiger partial charge in [-0.1, -0.05) is 41.4 Å². The normalized spacial score (nSPS) is 12.1. The number of rotatable bonds is 6. The Morgan fingerprint density at radius 2 is 1.83 bits per heavy atom. The van der Waals surface area contributed by atoms with E-state index in [2.05, 4.69) is 25.4 Å². The molecule has 0 radical (unpaired) electrons. The molecule has 0 bridgehead atoms. The molecule has 2 aromatic heterocycles. The van der Waals surface area contributed by atoms with Gasteiger partial charge in [0.2, 0.25) is 0 Å². The molecule has 3 aromatic carbocycles. The standard InChI is InChI=1S/C26H21Cl2FN6O/c1-14-31-13-35(34-14)19-10-21(27)25(22(28)11-19)26(36)30-12-20(16-4-3-5-18(29)8-16)17-6-7-23-24(9-17)33-15(2)32-23/h3-11,13,20H,12H2,1-2H3,(H,30,36)(H,32,33). The van der Waals surface area contributed by atoms with Crippen molar-refractivity contribution in [3.63, 3.8) is 0 Å². The van der Waals surface area contributed by atoms with Gasteiger partial charge in [-0.2, -0.15) is 5.10 Å². The average Bonchev–Trinajstić information content (AvgIpc) is 3.43. The largest absolute Gasteiger partial charge is 0.351 e. The molecule has 182 valence electrons. The maximum absolute atomic E-state index is 14.1. The molecule has 36 heavy (non-hydrogen) atoms. The van der Waals surface area contributed by atoms with Crippen molar-refractivity contribution in [1.29, 1.82) is 0 Å². The number of amides is 1. The average molecular weight is 523 g/mol. The van der Waals surface area contributed by atoms with Gasteiger partial charge in [-0.15, -0.1) is 0 Å². The fraction of sp³-hybridized carbons (Fsp3) is 0.154. The van der Waals surface area contributed by atoms with Crippen LogP contribution in [0.4, 0.5) is 4.39 Å². The van der Waals surface area contributed by atoms with E-state index >= 15 is 0 Å². The minimum Gasteiger partial charge on any atom is -0.351 e. The fourth-order valence-corrected chi connectivity index (χ4v) is 4.83. The number of aromatic nitrogens is 5. The summed E-state index contributed by atoms with van der Waals surface area (Å²) in [6.45, 7) is 3.84. The van der Waals surface area contributed by atoms with Crippen molar-refractivity contribution in [3.05, 3.63) is 105 Å². The van der Waals surface area contributed by atoms with Crippen molar-refractivity contribution in [3.8, 4) is 5.69 Å². The first-order valence-corrected chi connectivity index (χ1v) is 11.9. The highest BCUT2D eigenvalue weighted by Gasteiger charge is 2.21. The molecule has 0 aliphatic heterocycles. The number of nitrogens with zero attached hydrogens (tertiary/aromatic N) is 4. The first-order chi connectivity index (χ1) is 17.3. The molecule has 10 heteroatoms. The van der Waals surface area contributed by atoms with E-state index in [1.54, 1.807) is 31.5 Å². The Hall–Kier alpha value is -3.75. The third-order valence-electron chi connectivity index (χ3n) is 5.87. The number of imidazole rings is 1. The lowest BCUT2D eigenvalue weighted by Crippen LogP contribution is -2.29. The van der Waals surface area contributed by atoms with E-state index in [9.17, 15) is 9.18 Å². The number of carbonyl (C=O) groups excluding carboxylic acids is 1. The number of halogens is 3. The summed E-state index contributed by atoms with van der Waals surface area (Å²) in [5, 5.41) is 7.52. The smallest absolute Gasteiger partial charge is 0.254 e. The summed E-state index contributed by atoms with van der Waals surface area (Å²) < 4.78 is 15.6. The van der Waals surface area contributed by atoms with Gasteiger partial charge in [0.15, 0.2) is 0 Å². The molecule has 0 aliphatic carbocycles. The van der Waals surface area contributed by atoms with Gasteiger partial charge in [0.25, 0.3) is 5.91 Å². The van der Waals surface area contributed by atoms with Gasteiger partial charge in [0, 0.05) is 12.5 Å². The highest BCUT2D eigenvalue weighted by molar-refractivity contribution is 6.40. The Kier molecular flexibility index (Phi) is 6.47. The molecule has 2 heterocycles. The number of H-pyrrole nitrogens is 1.